The normalized spacial score (nSPS) is 18.5. The van der Waals surface area contributed by atoms with Crippen molar-refractivity contribution in [3.05, 3.63) is 47.0 Å². The molecule has 0 fully saturated rings. The molecule has 1 aliphatic carbocycles. The number of hydrogen-bond acceptors (Lipinski definition) is 3. The molecule has 0 unspecified atom stereocenters. The largest absolute Gasteiger partial charge is 0.349 e. The first-order valence-electron chi connectivity index (χ1n) is 9.85. The van der Waals surface area contributed by atoms with Crippen LogP contribution >= 0.6 is 0 Å². The molecule has 1 aromatic heterocycles. The molecule has 5 nitrogen and oxygen atoms in total. The highest BCUT2D eigenvalue weighted by Gasteiger charge is 2.27. The predicted molar refractivity (Wildman–Crippen MR) is 105 cm³/mol. The number of fused-ring (bicyclic) bond motifs is 2. The van der Waals surface area contributed by atoms with Crippen LogP contribution in [0.3, 0.4) is 0 Å². The first-order chi connectivity index (χ1) is 13.5. The monoisotopic (exact) mass is 381 g/mol. The number of carbonyl (C=O) groups excluding carboxylic acids is 2. The van der Waals surface area contributed by atoms with Crippen LogP contribution in [-0.2, 0) is 22.4 Å². The first kappa shape index (κ1) is 18.6. The van der Waals surface area contributed by atoms with Crippen LogP contribution in [0.2, 0.25) is 0 Å². The summed E-state index contributed by atoms with van der Waals surface area (Å²) in [7, 11) is 1.69. The molecule has 2 aliphatic rings. The van der Waals surface area contributed by atoms with E-state index in [9.17, 15) is 9.59 Å². The van der Waals surface area contributed by atoms with Gasteiger partial charge in [-0.3, -0.25) is 14.6 Å². The van der Waals surface area contributed by atoms with Crippen LogP contribution in [0.15, 0.2) is 24.5 Å². The molecule has 1 aromatic carbocycles. The number of pyridine rings is 1. The number of hydrogen-bond donors (Lipinski definition) is 1. The second-order valence-corrected chi connectivity index (χ2v) is 7.53. The maximum atomic E-state index is 15.1. The fraction of sp³-hybridized carbons (Fsp3) is 0.409. The average Bonchev–Trinajstić information content (AvgIpc) is 2.71. The second-order valence-electron chi connectivity index (χ2n) is 7.53. The van der Waals surface area contributed by atoms with Gasteiger partial charge in [0, 0.05) is 49.1 Å². The van der Waals surface area contributed by atoms with Gasteiger partial charge in [-0.2, -0.15) is 0 Å². The molecule has 2 aromatic rings. The number of aromatic nitrogens is 1. The molecule has 146 valence electrons. The van der Waals surface area contributed by atoms with Gasteiger partial charge < -0.3 is 10.2 Å². The summed E-state index contributed by atoms with van der Waals surface area (Å²) in [4.78, 5) is 29.7. The summed E-state index contributed by atoms with van der Waals surface area (Å²) in [6.07, 6.45) is 7.62. The smallest absolute Gasteiger partial charge is 0.227 e. The fourth-order valence-electron chi connectivity index (χ4n) is 4.27. The topological polar surface area (TPSA) is 62.3 Å². The molecule has 1 atom stereocenters. The summed E-state index contributed by atoms with van der Waals surface area (Å²) in [6.45, 7) is 1.83. The van der Waals surface area contributed by atoms with Crippen molar-refractivity contribution >= 4 is 17.5 Å². The lowest BCUT2D eigenvalue weighted by atomic mass is 9.84. The molecule has 1 aliphatic heterocycles. The van der Waals surface area contributed by atoms with Gasteiger partial charge in [0.05, 0.1) is 6.04 Å². The highest BCUT2D eigenvalue weighted by molar-refractivity contribution is 5.96. The van der Waals surface area contributed by atoms with Gasteiger partial charge in [-0.15, -0.1) is 0 Å². The Balaban J connectivity index is 1.78. The summed E-state index contributed by atoms with van der Waals surface area (Å²) in [5.41, 5.74) is 4.96. The Labute approximate surface area is 164 Å². The van der Waals surface area contributed by atoms with Crippen LogP contribution in [-0.4, -0.2) is 23.8 Å². The first-order valence-corrected chi connectivity index (χ1v) is 9.85. The maximum absolute atomic E-state index is 15.1. The number of rotatable bonds is 3. The molecule has 0 bridgehead atoms. The van der Waals surface area contributed by atoms with Crippen molar-refractivity contribution in [1.82, 2.24) is 10.3 Å². The minimum Gasteiger partial charge on any atom is -0.349 e. The van der Waals surface area contributed by atoms with Crippen LogP contribution < -0.4 is 10.2 Å². The lowest BCUT2D eigenvalue weighted by Gasteiger charge is -2.29. The lowest BCUT2D eigenvalue weighted by molar-refractivity contribution is -0.121. The molecular formula is C22H24FN3O2. The number of amides is 2. The Kier molecular flexibility index (Phi) is 4.87. The van der Waals surface area contributed by atoms with Gasteiger partial charge in [-0.1, -0.05) is 6.92 Å². The maximum Gasteiger partial charge on any atom is 0.227 e. The van der Waals surface area contributed by atoms with E-state index in [-0.39, 0.29) is 23.7 Å². The van der Waals surface area contributed by atoms with Crippen molar-refractivity contribution in [2.75, 3.05) is 11.9 Å². The van der Waals surface area contributed by atoms with Crippen molar-refractivity contribution in [2.24, 2.45) is 0 Å². The summed E-state index contributed by atoms with van der Waals surface area (Å²) in [5, 5.41) is 3.06. The Morgan fingerprint density at radius 1 is 1.25 bits per heavy atom. The van der Waals surface area contributed by atoms with E-state index in [4.69, 9.17) is 0 Å². The Bertz CT molecular complexity index is 957. The molecule has 4 rings (SSSR count). The molecule has 1 N–H and O–H groups in total. The van der Waals surface area contributed by atoms with Gasteiger partial charge in [-0.05, 0) is 54.5 Å². The van der Waals surface area contributed by atoms with E-state index in [0.717, 1.165) is 41.5 Å². The molecule has 0 saturated heterocycles. The van der Waals surface area contributed by atoms with Gasteiger partial charge in [-0.25, -0.2) is 4.39 Å². The van der Waals surface area contributed by atoms with E-state index >= 15 is 4.39 Å². The number of nitrogens with zero attached hydrogens (tertiary/aromatic N) is 2. The number of anilines is 1. The standard InChI is InChI=1S/C22H24FN3O2/c1-3-21(27)25-19-6-4-5-14-16(11-24-12-17(14)19)15-9-13-7-8-22(28)26(2)20(13)10-18(15)23/h9-12,19H,3-8H2,1-2H3,(H,25,27)/t19-/m0/s1. The highest BCUT2D eigenvalue weighted by Crippen LogP contribution is 2.39. The third-order valence-electron chi connectivity index (χ3n) is 5.84. The van der Waals surface area contributed by atoms with Crippen LogP contribution in [0.5, 0.6) is 0 Å². The molecule has 2 heterocycles. The Morgan fingerprint density at radius 3 is 2.86 bits per heavy atom. The Hall–Kier alpha value is -2.76. The number of carbonyl (C=O) groups is 2. The van der Waals surface area contributed by atoms with Crippen LogP contribution in [0.25, 0.3) is 11.1 Å². The van der Waals surface area contributed by atoms with Gasteiger partial charge in [0.1, 0.15) is 5.82 Å². The lowest BCUT2D eigenvalue weighted by Crippen LogP contribution is -2.31. The number of aryl methyl sites for hydroxylation is 1. The third kappa shape index (κ3) is 3.17. The third-order valence-corrected chi connectivity index (χ3v) is 5.84. The van der Waals surface area contributed by atoms with Gasteiger partial charge >= 0.3 is 0 Å². The van der Waals surface area contributed by atoms with Crippen molar-refractivity contribution in [1.29, 1.82) is 0 Å². The van der Waals surface area contributed by atoms with E-state index in [1.165, 1.54) is 11.0 Å². The van der Waals surface area contributed by atoms with E-state index in [1.807, 2.05) is 13.0 Å². The van der Waals surface area contributed by atoms with E-state index in [2.05, 4.69) is 10.3 Å². The summed E-state index contributed by atoms with van der Waals surface area (Å²) in [6, 6.07) is 3.24. The highest BCUT2D eigenvalue weighted by atomic mass is 19.1. The van der Waals surface area contributed by atoms with Crippen LogP contribution in [0.4, 0.5) is 10.1 Å². The zero-order valence-corrected chi connectivity index (χ0v) is 16.2. The molecule has 6 heteroatoms. The van der Waals surface area contributed by atoms with E-state index in [0.29, 0.717) is 30.5 Å². The predicted octanol–water partition coefficient (Wildman–Crippen LogP) is 3.70. The SMILES string of the molecule is CCC(=O)N[C@H]1CCCc2c(-c3cc4c(cc3F)N(C)C(=O)CC4)cncc21. The summed E-state index contributed by atoms with van der Waals surface area (Å²) < 4.78 is 15.1. The van der Waals surface area contributed by atoms with Crippen molar-refractivity contribution in [2.45, 2.75) is 51.5 Å². The molecule has 0 saturated carbocycles. The average molecular weight is 381 g/mol. The zero-order chi connectivity index (χ0) is 19.8. The molecular weight excluding hydrogens is 357 g/mol. The minimum atomic E-state index is -0.352. The van der Waals surface area contributed by atoms with E-state index in [1.54, 1.807) is 19.4 Å². The second kappa shape index (κ2) is 7.34. The van der Waals surface area contributed by atoms with Gasteiger partial charge in [0.2, 0.25) is 11.8 Å². The minimum absolute atomic E-state index is 0.00733. The summed E-state index contributed by atoms with van der Waals surface area (Å²) in [5.74, 6) is -0.334. The van der Waals surface area contributed by atoms with Crippen molar-refractivity contribution in [3.63, 3.8) is 0 Å². The van der Waals surface area contributed by atoms with Gasteiger partial charge in [0.25, 0.3) is 0 Å². The van der Waals surface area contributed by atoms with Crippen LogP contribution in [0.1, 0.15) is 55.3 Å². The molecule has 2 amide bonds. The quantitative estimate of drug-likeness (QED) is 0.882. The molecule has 28 heavy (non-hydrogen) atoms. The van der Waals surface area contributed by atoms with Crippen molar-refractivity contribution < 1.29 is 14.0 Å². The Morgan fingerprint density at radius 2 is 2.07 bits per heavy atom. The number of nitrogens with one attached hydrogen (secondary N) is 1. The van der Waals surface area contributed by atoms with Crippen LogP contribution in [0, 0.1) is 5.82 Å². The number of benzene rings is 1. The molecule has 0 radical (unpaired) electrons. The van der Waals surface area contributed by atoms with E-state index < -0.39 is 0 Å². The van der Waals surface area contributed by atoms with Crippen molar-refractivity contribution in [3.8, 4) is 11.1 Å². The number of halogens is 1. The fourth-order valence-corrected chi connectivity index (χ4v) is 4.27. The van der Waals surface area contributed by atoms with Gasteiger partial charge in [0.15, 0.2) is 0 Å². The summed E-state index contributed by atoms with van der Waals surface area (Å²) >= 11 is 0. The molecule has 0 spiro atoms. The zero-order valence-electron chi connectivity index (χ0n) is 16.2.